The van der Waals surface area contributed by atoms with Gasteiger partial charge < -0.3 is 5.84 Å². The molecule has 0 saturated heterocycles. The molecular formula is C14H17ClN6O. The van der Waals surface area contributed by atoms with Gasteiger partial charge in [-0.15, -0.1) is 10.2 Å². The van der Waals surface area contributed by atoms with Crippen LogP contribution in [0.3, 0.4) is 0 Å². The summed E-state index contributed by atoms with van der Waals surface area (Å²) in [5, 5.41) is 12.4. The SMILES string of the molecule is CC(C)(C)c1nnc(NN=Cc2ccc(Cl)cc2)n(N)c1=O. The second-order valence-electron chi connectivity index (χ2n) is 5.72. The summed E-state index contributed by atoms with van der Waals surface area (Å²) in [5.41, 5.74) is 2.88. The molecule has 0 unspecified atom stereocenters. The lowest BCUT2D eigenvalue weighted by molar-refractivity contribution is 0.538. The Bertz CT molecular complexity index is 745. The topological polar surface area (TPSA) is 98.2 Å². The van der Waals surface area contributed by atoms with Crippen molar-refractivity contribution in [1.82, 2.24) is 14.9 Å². The Morgan fingerprint density at radius 2 is 1.91 bits per heavy atom. The van der Waals surface area contributed by atoms with E-state index >= 15 is 0 Å². The highest BCUT2D eigenvalue weighted by atomic mass is 35.5. The Labute approximate surface area is 132 Å². The van der Waals surface area contributed by atoms with Crippen LogP contribution in [-0.2, 0) is 5.41 Å². The molecule has 7 nitrogen and oxygen atoms in total. The molecule has 0 amide bonds. The maximum Gasteiger partial charge on any atom is 0.295 e. The van der Waals surface area contributed by atoms with Crippen molar-refractivity contribution in [2.75, 3.05) is 11.3 Å². The van der Waals surface area contributed by atoms with Crippen LogP contribution >= 0.6 is 11.6 Å². The zero-order chi connectivity index (χ0) is 16.3. The lowest BCUT2D eigenvalue weighted by Crippen LogP contribution is -2.38. The van der Waals surface area contributed by atoms with Crippen LogP contribution in [0.1, 0.15) is 32.0 Å². The zero-order valence-electron chi connectivity index (χ0n) is 12.5. The number of nitrogens with zero attached hydrogens (tertiary/aromatic N) is 4. The Kier molecular flexibility index (Phi) is 4.46. The van der Waals surface area contributed by atoms with Gasteiger partial charge in [0.15, 0.2) is 0 Å². The molecule has 1 aromatic carbocycles. The fourth-order valence-corrected chi connectivity index (χ4v) is 1.78. The molecule has 0 saturated carbocycles. The molecule has 0 aliphatic rings. The van der Waals surface area contributed by atoms with Gasteiger partial charge in [0, 0.05) is 10.4 Å². The first-order valence-corrected chi connectivity index (χ1v) is 6.97. The third-order valence-electron chi connectivity index (χ3n) is 2.85. The molecule has 116 valence electrons. The Hall–Kier alpha value is -2.41. The van der Waals surface area contributed by atoms with Crippen LogP contribution in [0, 0.1) is 0 Å². The first-order chi connectivity index (χ1) is 10.3. The van der Waals surface area contributed by atoms with Crippen molar-refractivity contribution in [2.45, 2.75) is 26.2 Å². The molecule has 0 spiro atoms. The summed E-state index contributed by atoms with van der Waals surface area (Å²) in [6.07, 6.45) is 1.56. The number of aromatic nitrogens is 3. The van der Waals surface area contributed by atoms with E-state index in [1.54, 1.807) is 30.5 Å². The summed E-state index contributed by atoms with van der Waals surface area (Å²) in [6, 6.07) is 7.11. The third kappa shape index (κ3) is 3.62. The van der Waals surface area contributed by atoms with Crippen LogP contribution in [0.25, 0.3) is 0 Å². The number of hydrogen-bond acceptors (Lipinski definition) is 6. The van der Waals surface area contributed by atoms with Gasteiger partial charge in [-0.2, -0.15) is 9.78 Å². The van der Waals surface area contributed by atoms with E-state index in [1.165, 1.54) is 0 Å². The van der Waals surface area contributed by atoms with Gasteiger partial charge in [0.2, 0.25) is 0 Å². The number of nitrogen functional groups attached to an aromatic ring is 1. The van der Waals surface area contributed by atoms with Crippen molar-refractivity contribution >= 4 is 23.8 Å². The number of hydrogen-bond donors (Lipinski definition) is 2. The fourth-order valence-electron chi connectivity index (χ4n) is 1.66. The monoisotopic (exact) mass is 320 g/mol. The standard InChI is InChI=1S/C14H17ClN6O/c1-14(2,3)11-12(22)21(16)13(20-18-11)19-17-8-9-4-6-10(15)7-5-9/h4-8H,16H2,1-3H3,(H,19,20). The van der Waals surface area contributed by atoms with Crippen LogP contribution in [0.5, 0.6) is 0 Å². The summed E-state index contributed by atoms with van der Waals surface area (Å²) in [6.45, 7) is 5.60. The first kappa shape index (κ1) is 16.0. The fraction of sp³-hybridized carbons (Fsp3) is 0.286. The normalized spacial score (nSPS) is 11.8. The average molecular weight is 321 g/mol. The van der Waals surface area contributed by atoms with Crippen LogP contribution in [0.2, 0.25) is 5.02 Å². The van der Waals surface area contributed by atoms with Crippen molar-refractivity contribution in [3.8, 4) is 0 Å². The smallest absolute Gasteiger partial charge is 0.295 e. The third-order valence-corrected chi connectivity index (χ3v) is 3.10. The molecule has 0 radical (unpaired) electrons. The van der Waals surface area contributed by atoms with Gasteiger partial charge in [0.1, 0.15) is 5.69 Å². The van der Waals surface area contributed by atoms with Crippen LogP contribution in [0.4, 0.5) is 5.95 Å². The molecule has 2 rings (SSSR count). The average Bonchev–Trinajstić information content (AvgIpc) is 2.44. The predicted molar refractivity (Wildman–Crippen MR) is 87.8 cm³/mol. The number of anilines is 1. The lowest BCUT2D eigenvalue weighted by atomic mass is 9.93. The number of nitrogens with one attached hydrogen (secondary N) is 1. The minimum Gasteiger partial charge on any atom is -0.333 e. The van der Waals surface area contributed by atoms with Gasteiger partial charge >= 0.3 is 0 Å². The number of benzene rings is 1. The highest BCUT2D eigenvalue weighted by Crippen LogP contribution is 2.15. The van der Waals surface area contributed by atoms with E-state index in [4.69, 9.17) is 17.4 Å². The van der Waals surface area contributed by atoms with Crippen LogP contribution in [-0.4, -0.2) is 21.1 Å². The van der Waals surface area contributed by atoms with E-state index < -0.39 is 11.0 Å². The van der Waals surface area contributed by atoms with Crippen molar-refractivity contribution in [1.29, 1.82) is 0 Å². The minimum atomic E-state index is -0.434. The number of hydrazone groups is 1. The summed E-state index contributed by atoms with van der Waals surface area (Å²) in [5.74, 6) is 5.79. The second kappa shape index (κ2) is 6.15. The Morgan fingerprint density at radius 1 is 1.27 bits per heavy atom. The van der Waals surface area contributed by atoms with Gasteiger partial charge in [-0.3, -0.25) is 4.79 Å². The summed E-state index contributed by atoms with van der Waals surface area (Å²) >= 11 is 5.80. The van der Waals surface area contributed by atoms with Crippen molar-refractivity contribution in [3.63, 3.8) is 0 Å². The largest absolute Gasteiger partial charge is 0.333 e. The summed E-state index contributed by atoms with van der Waals surface area (Å²) in [4.78, 5) is 12.1. The molecule has 8 heteroatoms. The van der Waals surface area contributed by atoms with E-state index in [0.29, 0.717) is 10.7 Å². The highest BCUT2D eigenvalue weighted by Gasteiger charge is 2.22. The van der Waals surface area contributed by atoms with Gasteiger partial charge in [-0.25, -0.2) is 5.43 Å². The second-order valence-corrected chi connectivity index (χ2v) is 6.16. The first-order valence-electron chi connectivity index (χ1n) is 6.59. The molecule has 22 heavy (non-hydrogen) atoms. The zero-order valence-corrected chi connectivity index (χ0v) is 13.3. The molecule has 1 aromatic heterocycles. The number of halogens is 1. The molecule has 0 fully saturated rings. The maximum atomic E-state index is 12.1. The van der Waals surface area contributed by atoms with E-state index in [-0.39, 0.29) is 5.95 Å². The van der Waals surface area contributed by atoms with Crippen LogP contribution < -0.4 is 16.8 Å². The van der Waals surface area contributed by atoms with E-state index in [1.807, 2.05) is 20.8 Å². The number of rotatable bonds is 3. The van der Waals surface area contributed by atoms with E-state index in [2.05, 4.69) is 20.7 Å². The van der Waals surface area contributed by atoms with Gasteiger partial charge in [-0.05, 0) is 17.7 Å². The molecular weight excluding hydrogens is 304 g/mol. The van der Waals surface area contributed by atoms with Gasteiger partial charge in [0.05, 0.1) is 6.21 Å². The summed E-state index contributed by atoms with van der Waals surface area (Å²) < 4.78 is 0.896. The number of nitrogens with two attached hydrogens (primary N) is 1. The molecule has 1 heterocycles. The minimum absolute atomic E-state index is 0.0585. The quantitative estimate of drug-likeness (QED) is 0.510. The van der Waals surface area contributed by atoms with Crippen molar-refractivity contribution in [3.05, 3.63) is 50.9 Å². The molecule has 0 atom stereocenters. The van der Waals surface area contributed by atoms with Gasteiger partial charge in [0.25, 0.3) is 11.5 Å². The molecule has 2 aromatic rings. The van der Waals surface area contributed by atoms with Crippen molar-refractivity contribution in [2.24, 2.45) is 5.10 Å². The predicted octanol–water partition coefficient (Wildman–Crippen LogP) is 1.75. The summed E-state index contributed by atoms with van der Waals surface area (Å²) in [7, 11) is 0. The highest BCUT2D eigenvalue weighted by molar-refractivity contribution is 6.30. The Balaban J connectivity index is 2.19. The van der Waals surface area contributed by atoms with E-state index in [0.717, 1.165) is 10.2 Å². The van der Waals surface area contributed by atoms with Gasteiger partial charge in [-0.1, -0.05) is 44.5 Å². The molecule has 0 aliphatic carbocycles. The molecule has 0 aliphatic heterocycles. The molecule has 3 N–H and O–H groups in total. The van der Waals surface area contributed by atoms with Crippen molar-refractivity contribution < 1.29 is 0 Å². The maximum absolute atomic E-state index is 12.1. The van der Waals surface area contributed by atoms with Crippen LogP contribution in [0.15, 0.2) is 34.2 Å². The van der Waals surface area contributed by atoms with E-state index in [9.17, 15) is 4.79 Å². The molecule has 0 bridgehead atoms. The lowest BCUT2D eigenvalue weighted by Gasteiger charge is -2.16. The Morgan fingerprint density at radius 3 is 2.50 bits per heavy atom.